The molecule has 1 aromatic heterocycles. The molecule has 1 aromatic rings. The molecular formula is C15H23N3O. The second kappa shape index (κ2) is 6.55. The SMILES string of the molecule is CCNc1cc(C(=O)NC2CCCC(C)C2)ccn1. The minimum absolute atomic E-state index is 0.0145. The zero-order chi connectivity index (χ0) is 13.7. The number of anilines is 1. The number of hydrogen-bond acceptors (Lipinski definition) is 3. The molecule has 4 nitrogen and oxygen atoms in total. The van der Waals surface area contributed by atoms with Crippen molar-refractivity contribution in [2.75, 3.05) is 11.9 Å². The summed E-state index contributed by atoms with van der Waals surface area (Å²) in [5.74, 6) is 1.49. The zero-order valence-electron chi connectivity index (χ0n) is 11.8. The van der Waals surface area contributed by atoms with Crippen LogP contribution in [0.25, 0.3) is 0 Å². The van der Waals surface area contributed by atoms with Crippen LogP contribution < -0.4 is 10.6 Å². The lowest BCUT2D eigenvalue weighted by Crippen LogP contribution is -2.38. The van der Waals surface area contributed by atoms with Gasteiger partial charge < -0.3 is 10.6 Å². The normalized spacial score (nSPS) is 22.8. The summed E-state index contributed by atoms with van der Waals surface area (Å²) in [7, 11) is 0. The number of aromatic nitrogens is 1. The van der Waals surface area contributed by atoms with Crippen LogP contribution in [0.1, 0.15) is 49.9 Å². The number of carbonyl (C=O) groups excluding carboxylic acids is 1. The molecule has 1 aliphatic carbocycles. The minimum Gasteiger partial charge on any atom is -0.370 e. The van der Waals surface area contributed by atoms with Crippen molar-refractivity contribution in [1.29, 1.82) is 0 Å². The van der Waals surface area contributed by atoms with Gasteiger partial charge in [-0.3, -0.25) is 4.79 Å². The first-order valence-corrected chi connectivity index (χ1v) is 7.19. The van der Waals surface area contributed by atoms with Gasteiger partial charge in [-0.15, -0.1) is 0 Å². The average molecular weight is 261 g/mol. The third-order valence-electron chi connectivity index (χ3n) is 3.65. The van der Waals surface area contributed by atoms with Crippen LogP contribution in [0.3, 0.4) is 0 Å². The van der Waals surface area contributed by atoms with E-state index in [1.165, 1.54) is 12.8 Å². The zero-order valence-corrected chi connectivity index (χ0v) is 11.8. The number of amides is 1. The topological polar surface area (TPSA) is 54.0 Å². The van der Waals surface area contributed by atoms with Crippen molar-refractivity contribution in [2.24, 2.45) is 5.92 Å². The molecule has 0 aliphatic heterocycles. The summed E-state index contributed by atoms with van der Waals surface area (Å²) in [6.45, 7) is 5.07. The molecule has 1 heterocycles. The number of carbonyl (C=O) groups is 1. The molecule has 2 rings (SSSR count). The first-order valence-electron chi connectivity index (χ1n) is 7.19. The van der Waals surface area contributed by atoms with Crippen molar-refractivity contribution in [3.63, 3.8) is 0 Å². The number of hydrogen-bond donors (Lipinski definition) is 2. The van der Waals surface area contributed by atoms with E-state index in [0.29, 0.717) is 17.5 Å². The van der Waals surface area contributed by atoms with Crippen LogP contribution in [0.4, 0.5) is 5.82 Å². The molecule has 1 fully saturated rings. The summed E-state index contributed by atoms with van der Waals surface area (Å²) in [4.78, 5) is 16.4. The number of nitrogens with zero attached hydrogens (tertiary/aromatic N) is 1. The van der Waals surface area contributed by atoms with Crippen LogP contribution in [0.5, 0.6) is 0 Å². The lowest BCUT2D eigenvalue weighted by Gasteiger charge is -2.27. The molecule has 1 amide bonds. The van der Waals surface area contributed by atoms with Gasteiger partial charge in [0.05, 0.1) is 0 Å². The smallest absolute Gasteiger partial charge is 0.251 e. The van der Waals surface area contributed by atoms with E-state index in [4.69, 9.17) is 0 Å². The number of pyridine rings is 1. The highest BCUT2D eigenvalue weighted by atomic mass is 16.1. The molecule has 0 spiro atoms. The molecule has 2 N–H and O–H groups in total. The van der Waals surface area contributed by atoms with E-state index in [0.717, 1.165) is 25.2 Å². The summed E-state index contributed by atoms with van der Waals surface area (Å²) in [5.41, 5.74) is 0.684. The molecule has 0 bridgehead atoms. The Morgan fingerprint density at radius 2 is 2.32 bits per heavy atom. The third-order valence-corrected chi connectivity index (χ3v) is 3.65. The molecule has 2 unspecified atom stereocenters. The van der Waals surface area contributed by atoms with Crippen LogP contribution in [0.15, 0.2) is 18.3 Å². The first-order chi connectivity index (χ1) is 9.19. The Morgan fingerprint density at radius 3 is 3.05 bits per heavy atom. The highest BCUT2D eigenvalue weighted by Crippen LogP contribution is 2.23. The minimum atomic E-state index is 0.0145. The first kappa shape index (κ1) is 13.8. The molecule has 2 atom stereocenters. The Kier molecular flexibility index (Phi) is 4.77. The molecule has 0 aromatic carbocycles. The Balaban J connectivity index is 1.97. The highest BCUT2D eigenvalue weighted by molar-refractivity contribution is 5.95. The van der Waals surface area contributed by atoms with Gasteiger partial charge in [0.1, 0.15) is 5.82 Å². The Labute approximate surface area is 115 Å². The average Bonchev–Trinajstić information content (AvgIpc) is 2.39. The fourth-order valence-electron chi connectivity index (χ4n) is 2.68. The van der Waals surface area contributed by atoms with Gasteiger partial charge in [-0.05, 0) is 37.8 Å². The van der Waals surface area contributed by atoms with Gasteiger partial charge in [0.2, 0.25) is 0 Å². The molecule has 1 saturated carbocycles. The molecule has 0 saturated heterocycles. The van der Waals surface area contributed by atoms with Crippen molar-refractivity contribution in [1.82, 2.24) is 10.3 Å². The van der Waals surface area contributed by atoms with E-state index in [9.17, 15) is 4.79 Å². The van der Waals surface area contributed by atoms with Gasteiger partial charge in [0.25, 0.3) is 5.91 Å². The predicted molar refractivity (Wildman–Crippen MR) is 77.3 cm³/mol. The van der Waals surface area contributed by atoms with Crippen LogP contribution in [0, 0.1) is 5.92 Å². The second-order valence-corrected chi connectivity index (χ2v) is 5.40. The van der Waals surface area contributed by atoms with E-state index in [1.54, 1.807) is 12.3 Å². The summed E-state index contributed by atoms with van der Waals surface area (Å²) >= 11 is 0. The molecule has 0 radical (unpaired) electrons. The van der Waals surface area contributed by atoms with E-state index in [-0.39, 0.29) is 5.91 Å². The van der Waals surface area contributed by atoms with Gasteiger partial charge >= 0.3 is 0 Å². The predicted octanol–water partition coefficient (Wildman–Crippen LogP) is 2.82. The molecule has 19 heavy (non-hydrogen) atoms. The monoisotopic (exact) mass is 261 g/mol. The summed E-state index contributed by atoms with van der Waals surface area (Å²) in [5, 5.41) is 6.26. The van der Waals surface area contributed by atoms with Crippen LogP contribution in [-0.2, 0) is 0 Å². The van der Waals surface area contributed by atoms with E-state index in [1.807, 2.05) is 13.0 Å². The van der Waals surface area contributed by atoms with Crippen molar-refractivity contribution in [3.05, 3.63) is 23.9 Å². The maximum Gasteiger partial charge on any atom is 0.251 e. The third kappa shape index (κ3) is 3.94. The Bertz CT molecular complexity index is 433. The van der Waals surface area contributed by atoms with E-state index < -0.39 is 0 Å². The van der Waals surface area contributed by atoms with Gasteiger partial charge in [-0.2, -0.15) is 0 Å². The lowest BCUT2D eigenvalue weighted by atomic mass is 9.87. The van der Waals surface area contributed by atoms with Crippen molar-refractivity contribution in [3.8, 4) is 0 Å². The second-order valence-electron chi connectivity index (χ2n) is 5.40. The van der Waals surface area contributed by atoms with Crippen LogP contribution in [-0.4, -0.2) is 23.5 Å². The summed E-state index contributed by atoms with van der Waals surface area (Å²) < 4.78 is 0. The Hall–Kier alpha value is -1.58. The molecule has 4 heteroatoms. The van der Waals surface area contributed by atoms with Crippen LogP contribution in [0.2, 0.25) is 0 Å². The summed E-state index contributed by atoms with van der Waals surface area (Å²) in [6.07, 6.45) is 6.37. The fourth-order valence-corrected chi connectivity index (χ4v) is 2.68. The van der Waals surface area contributed by atoms with E-state index in [2.05, 4.69) is 22.5 Å². The largest absolute Gasteiger partial charge is 0.370 e. The lowest BCUT2D eigenvalue weighted by molar-refractivity contribution is 0.0921. The van der Waals surface area contributed by atoms with Crippen molar-refractivity contribution < 1.29 is 4.79 Å². The Morgan fingerprint density at radius 1 is 1.47 bits per heavy atom. The number of rotatable bonds is 4. The fraction of sp³-hybridized carbons (Fsp3) is 0.600. The quantitative estimate of drug-likeness (QED) is 0.876. The van der Waals surface area contributed by atoms with Crippen molar-refractivity contribution >= 4 is 11.7 Å². The van der Waals surface area contributed by atoms with Gasteiger partial charge in [-0.25, -0.2) is 4.98 Å². The van der Waals surface area contributed by atoms with Crippen LogP contribution >= 0.6 is 0 Å². The summed E-state index contributed by atoms with van der Waals surface area (Å²) in [6, 6.07) is 3.90. The van der Waals surface area contributed by atoms with Gasteiger partial charge in [0.15, 0.2) is 0 Å². The molecule has 104 valence electrons. The molecule has 1 aliphatic rings. The maximum atomic E-state index is 12.2. The molecular weight excluding hydrogens is 238 g/mol. The van der Waals surface area contributed by atoms with Gasteiger partial charge in [-0.1, -0.05) is 19.8 Å². The maximum absolute atomic E-state index is 12.2. The van der Waals surface area contributed by atoms with Gasteiger partial charge in [0, 0.05) is 24.3 Å². The van der Waals surface area contributed by atoms with Crippen molar-refractivity contribution in [2.45, 2.75) is 45.6 Å². The standard InChI is InChI=1S/C15H23N3O/c1-3-16-14-10-12(7-8-17-14)15(19)18-13-6-4-5-11(2)9-13/h7-8,10-11,13H,3-6,9H2,1-2H3,(H,16,17)(H,18,19). The van der Waals surface area contributed by atoms with E-state index >= 15 is 0 Å². The highest BCUT2D eigenvalue weighted by Gasteiger charge is 2.20. The number of nitrogens with one attached hydrogen (secondary N) is 2.